The highest BCUT2D eigenvalue weighted by Gasteiger charge is 2.14. The van der Waals surface area contributed by atoms with Crippen molar-refractivity contribution < 1.29 is 19.0 Å². The van der Waals surface area contributed by atoms with Gasteiger partial charge < -0.3 is 24.8 Å². The Hall–Kier alpha value is -3.81. The number of nitrogens with one attached hydrogen (secondary N) is 2. The third-order valence-corrected chi connectivity index (χ3v) is 4.06. The fraction of sp³-hybridized carbons (Fsp3) is 0.150. The van der Waals surface area contributed by atoms with Crippen LogP contribution in [0, 0.1) is 0 Å². The number of aromatic nitrogens is 2. The summed E-state index contributed by atoms with van der Waals surface area (Å²) in [6, 6.07) is 15.9. The maximum atomic E-state index is 12.4. The molecule has 2 N–H and O–H groups in total. The van der Waals surface area contributed by atoms with Crippen molar-refractivity contribution in [1.29, 1.82) is 0 Å². The molecular weight excluding hydrogens is 360 g/mol. The van der Waals surface area contributed by atoms with E-state index < -0.39 is 0 Å². The molecule has 8 heteroatoms. The monoisotopic (exact) mass is 378 g/mol. The summed E-state index contributed by atoms with van der Waals surface area (Å²) in [6.45, 7) is 1.00. The summed E-state index contributed by atoms with van der Waals surface area (Å²) in [5.41, 5.74) is 1.63. The number of methoxy groups -OCH3 is 1. The summed E-state index contributed by atoms with van der Waals surface area (Å²) in [6.07, 6.45) is 0. The largest absolute Gasteiger partial charge is 0.497 e. The summed E-state index contributed by atoms with van der Waals surface area (Å²) in [5, 5.41) is 13.9. The first kappa shape index (κ1) is 17.6. The Morgan fingerprint density at radius 2 is 1.68 bits per heavy atom. The standard InChI is InChI=1S/C20H18N4O4/c1-26-15-5-2-13(3-6-15)21-19-9-7-16(23-24-19)20(25)22-14-4-8-17-18(12-14)28-11-10-27-17/h2-9,12H,10-11H2,1H3,(H,21,24)(H,22,25). The van der Waals surface area contributed by atoms with E-state index in [1.807, 2.05) is 24.3 Å². The second-order valence-corrected chi connectivity index (χ2v) is 5.97. The van der Waals surface area contributed by atoms with Gasteiger partial charge in [-0.2, -0.15) is 0 Å². The van der Waals surface area contributed by atoms with Gasteiger partial charge in [0, 0.05) is 17.4 Å². The van der Waals surface area contributed by atoms with Gasteiger partial charge in [-0.15, -0.1) is 10.2 Å². The Bertz CT molecular complexity index is 975. The minimum atomic E-state index is -0.361. The van der Waals surface area contributed by atoms with E-state index in [-0.39, 0.29) is 11.6 Å². The van der Waals surface area contributed by atoms with Crippen molar-refractivity contribution in [2.45, 2.75) is 0 Å². The number of nitrogens with zero attached hydrogens (tertiary/aromatic N) is 2. The predicted molar refractivity (Wildman–Crippen MR) is 104 cm³/mol. The van der Waals surface area contributed by atoms with Crippen molar-refractivity contribution in [2.24, 2.45) is 0 Å². The highest BCUT2D eigenvalue weighted by Crippen LogP contribution is 2.32. The molecule has 1 amide bonds. The van der Waals surface area contributed by atoms with Crippen LogP contribution in [-0.2, 0) is 0 Å². The molecule has 0 radical (unpaired) electrons. The van der Waals surface area contributed by atoms with Crippen LogP contribution in [0.2, 0.25) is 0 Å². The fourth-order valence-corrected chi connectivity index (χ4v) is 2.66. The molecule has 4 rings (SSSR count). The highest BCUT2D eigenvalue weighted by molar-refractivity contribution is 6.03. The van der Waals surface area contributed by atoms with Crippen LogP contribution >= 0.6 is 0 Å². The molecule has 0 saturated carbocycles. The topological polar surface area (TPSA) is 94.6 Å². The molecule has 0 atom stereocenters. The number of ether oxygens (including phenoxy) is 3. The van der Waals surface area contributed by atoms with Gasteiger partial charge in [-0.25, -0.2) is 0 Å². The van der Waals surface area contributed by atoms with Crippen molar-refractivity contribution >= 4 is 23.1 Å². The highest BCUT2D eigenvalue weighted by atomic mass is 16.6. The molecule has 0 aliphatic carbocycles. The number of amides is 1. The molecular formula is C20H18N4O4. The minimum Gasteiger partial charge on any atom is -0.497 e. The number of hydrogen-bond acceptors (Lipinski definition) is 7. The summed E-state index contributed by atoms with van der Waals surface area (Å²) >= 11 is 0. The Labute approximate surface area is 161 Å². The van der Waals surface area contributed by atoms with E-state index in [9.17, 15) is 4.79 Å². The van der Waals surface area contributed by atoms with Gasteiger partial charge in [0.1, 0.15) is 19.0 Å². The van der Waals surface area contributed by atoms with E-state index in [2.05, 4.69) is 20.8 Å². The van der Waals surface area contributed by atoms with E-state index in [1.54, 1.807) is 37.4 Å². The van der Waals surface area contributed by atoms with Crippen molar-refractivity contribution in [1.82, 2.24) is 10.2 Å². The molecule has 1 aliphatic rings. The van der Waals surface area contributed by atoms with Crippen LogP contribution in [0.5, 0.6) is 17.2 Å². The molecule has 0 unspecified atom stereocenters. The van der Waals surface area contributed by atoms with E-state index in [4.69, 9.17) is 14.2 Å². The van der Waals surface area contributed by atoms with Crippen molar-refractivity contribution in [3.05, 3.63) is 60.3 Å². The van der Waals surface area contributed by atoms with Crippen LogP contribution in [0.15, 0.2) is 54.6 Å². The van der Waals surface area contributed by atoms with Crippen molar-refractivity contribution in [3.8, 4) is 17.2 Å². The number of anilines is 3. The summed E-state index contributed by atoms with van der Waals surface area (Å²) < 4.78 is 16.1. The minimum absolute atomic E-state index is 0.204. The molecule has 0 saturated heterocycles. The SMILES string of the molecule is COc1ccc(Nc2ccc(C(=O)Nc3ccc4c(c3)OCCO4)nn2)cc1. The zero-order valence-electron chi connectivity index (χ0n) is 15.1. The van der Waals surface area contributed by atoms with E-state index in [1.165, 1.54) is 0 Å². The molecule has 2 aromatic carbocycles. The second kappa shape index (κ2) is 7.83. The molecule has 1 aromatic heterocycles. The van der Waals surface area contributed by atoms with Crippen molar-refractivity contribution in [3.63, 3.8) is 0 Å². The Morgan fingerprint density at radius 1 is 0.929 bits per heavy atom. The van der Waals surface area contributed by atoms with Crippen LogP contribution in [0.1, 0.15) is 10.5 Å². The van der Waals surface area contributed by atoms with Gasteiger partial charge in [0.15, 0.2) is 23.0 Å². The van der Waals surface area contributed by atoms with Crippen LogP contribution in [-0.4, -0.2) is 36.4 Å². The number of carbonyl (C=O) groups is 1. The first-order valence-corrected chi connectivity index (χ1v) is 8.67. The van der Waals surface area contributed by atoms with Crippen molar-refractivity contribution in [2.75, 3.05) is 31.0 Å². The number of fused-ring (bicyclic) bond motifs is 1. The predicted octanol–water partition coefficient (Wildman–Crippen LogP) is 3.25. The van der Waals surface area contributed by atoms with Crippen LogP contribution < -0.4 is 24.8 Å². The first-order chi connectivity index (χ1) is 13.7. The lowest BCUT2D eigenvalue weighted by Crippen LogP contribution is -2.17. The van der Waals surface area contributed by atoms with Gasteiger partial charge in [-0.05, 0) is 48.5 Å². The molecule has 28 heavy (non-hydrogen) atoms. The molecule has 2 heterocycles. The van der Waals surface area contributed by atoms with Gasteiger partial charge >= 0.3 is 0 Å². The van der Waals surface area contributed by atoms with E-state index in [0.29, 0.717) is 36.2 Å². The van der Waals surface area contributed by atoms with Crippen LogP contribution in [0.4, 0.5) is 17.2 Å². The van der Waals surface area contributed by atoms with Gasteiger partial charge in [-0.1, -0.05) is 0 Å². The van der Waals surface area contributed by atoms with Gasteiger partial charge in [0.25, 0.3) is 5.91 Å². The lowest BCUT2D eigenvalue weighted by Gasteiger charge is -2.18. The number of carbonyl (C=O) groups excluding carboxylic acids is 1. The first-order valence-electron chi connectivity index (χ1n) is 8.67. The average Bonchev–Trinajstić information content (AvgIpc) is 2.75. The third-order valence-electron chi connectivity index (χ3n) is 4.06. The molecule has 0 spiro atoms. The van der Waals surface area contributed by atoms with E-state index in [0.717, 1.165) is 11.4 Å². The molecule has 8 nitrogen and oxygen atoms in total. The van der Waals surface area contributed by atoms with E-state index >= 15 is 0 Å². The Balaban J connectivity index is 1.40. The molecule has 0 bridgehead atoms. The second-order valence-electron chi connectivity index (χ2n) is 5.97. The smallest absolute Gasteiger partial charge is 0.276 e. The lowest BCUT2D eigenvalue weighted by molar-refractivity contribution is 0.102. The zero-order chi connectivity index (χ0) is 19.3. The molecule has 3 aromatic rings. The summed E-state index contributed by atoms with van der Waals surface area (Å²) in [4.78, 5) is 12.4. The van der Waals surface area contributed by atoms with Crippen LogP contribution in [0.3, 0.4) is 0 Å². The molecule has 0 fully saturated rings. The average molecular weight is 378 g/mol. The Morgan fingerprint density at radius 3 is 2.39 bits per heavy atom. The number of rotatable bonds is 5. The maximum absolute atomic E-state index is 12.4. The maximum Gasteiger partial charge on any atom is 0.276 e. The summed E-state index contributed by atoms with van der Waals surface area (Å²) in [7, 11) is 1.61. The van der Waals surface area contributed by atoms with Gasteiger partial charge in [0.2, 0.25) is 0 Å². The third kappa shape index (κ3) is 3.96. The fourth-order valence-electron chi connectivity index (χ4n) is 2.66. The van der Waals surface area contributed by atoms with Gasteiger partial charge in [-0.3, -0.25) is 4.79 Å². The van der Waals surface area contributed by atoms with Gasteiger partial charge in [0.05, 0.1) is 7.11 Å². The number of hydrogen-bond donors (Lipinski definition) is 2. The van der Waals surface area contributed by atoms with Crippen LogP contribution in [0.25, 0.3) is 0 Å². The quantitative estimate of drug-likeness (QED) is 0.704. The Kier molecular flexibility index (Phi) is 4.92. The number of benzene rings is 2. The molecule has 1 aliphatic heterocycles. The molecule has 142 valence electrons. The summed E-state index contributed by atoms with van der Waals surface area (Å²) in [5.74, 6) is 2.20. The zero-order valence-corrected chi connectivity index (χ0v) is 15.1. The lowest BCUT2D eigenvalue weighted by atomic mass is 10.2. The normalized spacial score (nSPS) is 12.2.